The molecule has 0 fully saturated rings. The molecule has 1 aliphatic rings. The highest BCUT2D eigenvalue weighted by Crippen LogP contribution is 2.44. The van der Waals surface area contributed by atoms with E-state index in [4.69, 9.17) is 10.5 Å². The highest BCUT2D eigenvalue weighted by molar-refractivity contribution is 5.90. The summed E-state index contributed by atoms with van der Waals surface area (Å²) in [7, 11) is 0. The van der Waals surface area contributed by atoms with Gasteiger partial charge in [-0.05, 0) is 23.1 Å². The number of rotatable bonds is 1. The Balaban J connectivity index is 2.03. The number of hydrogen-bond acceptors (Lipinski definition) is 4. The maximum atomic E-state index is 9.55. The molecule has 0 bridgehead atoms. The van der Waals surface area contributed by atoms with E-state index in [0.717, 1.165) is 27.6 Å². The van der Waals surface area contributed by atoms with Crippen molar-refractivity contribution in [1.29, 1.82) is 5.26 Å². The molecule has 4 nitrogen and oxygen atoms in total. The van der Waals surface area contributed by atoms with E-state index in [0.29, 0.717) is 5.57 Å². The monoisotopic (exact) mass is 299 g/mol. The predicted octanol–water partition coefficient (Wildman–Crippen LogP) is 3.45. The quantitative estimate of drug-likeness (QED) is 0.747. The Labute approximate surface area is 133 Å². The van der Waals surface area contributed by atoms with Crippen LogP contribution in [-0.4, -0.2) is 4.98 Å². The van der Waals surface area contributed by atoms with Crippen molar-refractivity contribution in [2.75, 3.05) is 0 Å². The van der Waals surface area contributed by atoms with Gasteiger partial charge in [0.25, 0.3) is 0 Å². The van der Waals surface area contributed by atoms with Crippen LogP contribution in [0.2, 0.25) is 0 Å². The molecule has 110 valence electrons. The molecule has 1 aliphatic heterocycles. The molecule has 2 aromatic carbocycles. The predicted molar refractivity (Wildman–Crippen MR) is 87.5 cm³/mol. The molecule has 23 heavy (non-hydrogen) atoms. The summed E-state index contributed by atoms with van der Waals surface area (Å²) in [5.41, 5.74) is 8.39. The van der Waals surface area contributed by atoms with E-state index < -0.39 is 0 Å². The standard InChI is InChI=1S/C19H13N3O/c20-11-16-17(13-7-9-22-10-8-13)15-6-5-12-3-1-2-4-14(12)18(15)23-19(16)21/h1-10,17H,21H2/t17-/m1/s1. The number of nitrogens with two attached hydrogens (primary N) is 1. The normalized spacial score (nSPS) is 16.6. The first-order chi connectivity index (χ1) is 11.3. The lowest BCUT2D eigenvalue weighted by Gasteiger charge is -2.27. The van der Waals surface area contributed by atoms with E-state index in [-0.39, 0.29) is 11.8 Å². The molecule has 4 rings (SSSR count). The van der Waals surface area contributed by atoms with E-state index in [1.54, 1.807) is 12.4 Å². The Kier molecular flexibility index (Phi) is 2.99. The number of pyridine rings is 1. The lowest BCUT2D eigenvalue weighted by atomic mass is 9.83. The first-order valence-electron chi connectivity index (χ1n) is 7.29. The van der Waals surface area contributed by atoms with Crippen LogP contribution >= 0.6 is 0 Å². The third-order valence-corrected chi connectivity index (χ3v) is 4.15. The summed E-state index contributed by atoms with van der Waals surface area (Å²) in [4.78, 5) is 4.05. The third kappa shape index (κ3) is 2.02. The van der Waals surface area contributed by atoms with Crippen LogP contribution in [0.15, 0.2) is 72.4 Å². The van der Waals surface area contributed by atoms with Gasteiger partial charge in [0.05, 0.1) is 5.92 Å². The van der Waals surface area contributed by atoms with E-state index in [1.807, 2.05) is 48.5 Å². The van der Waals surface area contributed by atoms with Crippen LogP contribution in [-0.2, 0) is 0 Å². The maximum absolute atomic E-state index is 9.55. The van der Waals surface area contributed by atoms with Crippen molar-refractivity contribution in [2.45, 2.75) is 5.92 Å². The van der Waals surface area contributed by atoms with Gasteiger partial charge in [-0.15, -0.1) is 0 Å². The molecule has 0 unspecified atom stereocenters. The Bertz CT molecular complexity index is 971. The summed E-state index contributed by atoms with van der Waals surface area (Å²) in [5.74, 6) is 0.649. The number of allylic oxidation sites excluding steroid dienone is 1. The lowest BCUT2D eigenvalue weighted by molar-refractivity contribution is 0.398. The molecular weight excluding hydrogens is 286 g/mol. The fourth-order valence-electron chi connectivity index (χ4n) is 3.09. The van der Waals surface area contributed by atoms with Crippen LogP contribution in [0.3, 0.4) is 0 Å². The van der Waals surface area contributed by atoms with Crippen molar-refractivity contribution >= 4 is 10.8 Å². The zero-order valence-electron chi connectivity index (χ0n) is 12.2. The van der Waals surface area contributed by atoms with Crippen molar-refractivity contribution in [3.05, 3.63) is 83.5 Å². The van der Waals surface area contributed by atoms with Crippen LogP contribution in [0.25, 0.3) is 10.8 Å². The average molecular weight is 299 g/mol. The molecule has 0 spiro atoms. The molecule has 0 radical (unpaired) electrons. The van der Waals surface area contributed by atoms with Gasteiger partial charge in [-0.2, -0.15) is 5.26 Å². The zero-order chi connectivity index (χ0) is 15.8. The van der Waals surface area contributed by atoms with E-state index in [9.17, 15) is 5.26 Å². The molecule has 0 aliphatic carbocycles. The van der Waals surface area contributed by atoms with E-state index >= 15 is 0 Å². The molecule has 4 heteroatoms. The van der Waals surface area contributed by atoms with Gasteiger partial charge in [0.1, 0.15) is 17.4 Å². The number of fused-ring (bicyclic) bond motifs is 3. The number of ether oxygens (including phenoxy) is 1. The molecule has 2 heterocycles. The molecule has 0 saturated carbocycles. The Morgan fingerprint density at radius 2 is 1.83 bits per heavy atom. The Hall–Kier alpha value is -3.32. The SMILES string of the molecule is N#CC1=C(N)Oc2c(ccc3ccccc23)[C@H]1c1ccncc1. The number of aromatic nitrogens is 1. The molecule has 0 amide bonds. The van der Waals surface area contributed by atoms with Gasteiger partial charge in [-0.25, -0.2) is 0 Å². The van der Waals surface area contributed by atoms with Crippen LogP contribution in [0.5, 0.6) is 5.75 Å². The fourth-order valence-corrected chi connectivity index (χ4v) is 3.09. The summed E-state index contributed by atoms with van der Waals surface area (Å²) < 4.78 is 5.82. The van der Waals surface area contributed by atoms with E-state index in [1.165, 1.54) is 0 Å². The topological polar surface area (TPSA) is 71.9 Å². The van der Waals surface area contributed by atoms with Gasteiger partial charge < -0.3 is 10.5 Å². The smallest absolute Gasteiger partial charge is 0.205 e. The van der Waals surface area contributed by atoms with Crippen molar-refractivity contribution in [1.82, 2.24) is 4.98 Å². The first-order valence-corrected chi connectivity index (χ1v) is 7.29. The Morgan fingerprint density at radius 3 is 2.61 bits per heavy atom. The number of nitrogens with zero attached hydrogens (tertiary/aromatic N) is 2. The Morgan fingerprint density at radius 1 is 1.04 bits per heavy atom. The maximum Gasteiger partial charge on any atom is 0.205 e. The summed E-state index contributed by atoms with van der Waals surface area (Å²) in [6.45, 7) is 0. The second-order valence-corrected chi connectivity index (χ2v) is 5.41. The number of hydrogen-bond donors (Lipinski definition) is 1. The zero-order valence-corrected chi connectivity index (χ0v) is 12.2. The summed E-state index contributed by atoms with van der Waals surface area (Å²) >= 11 is 0. The lowest BCUT2D eigenvalue weighted by Crippen LogP contribution is -2.21. The average Bonchev–Trinajstić information content (AvgIpc) is 2.61. The molecule has 2 N–H and O–H groups in total. The molecule has 3 aromatic rings. The highest BCUT2D eigenvalue weighted by Gasteiger charge is 2.31. The first kappa shape index (κ1) is 13.4. The fraction of sp³-hybridized carbons (Fsp3) is 0.0526. The van der Waals surface area contributed by atoms with Gasteiger partial charge in [0.15, 0.2) is 0 Å². The number of nitriles is 1. The van der Waals surface area contributed by atoms with E-state index in [2.05, 4.69) is 11.1 Å². The summed E-state index contributed by atoms with van der Waals surface area (Å²) in [6.07, 6.45) is 3.44. The minimum Gasteiger partial charge on any atom is -0.440 e. The second-order valence-electron chi connectivity index (χ2n) is 5.41. The van der Waals surface area contributed by atoms with Crippen molar-refractivity contribution in [2.24, 2.45) is 5.73 Å². The third-order valence-electron chi connectivity index (χ3n) is 4.15. The number of benzene rings is 2. The van der Waals surface area contributed by atoms with Gasteiger partial charge >= 0.3 is 0 Å². The van der Waals surface area contributed by atoms with Crippen LogP contribution in [0.4, 0.5) is 0 Å². The van der Waals surface area contributed by atoms with Gasteiger partial charge in [0.2, 0.25) is 5.88 Å². The van der Waals surface area contributed by atoms with Crippen LogP contribution in [0.1, 0.15) is 17.0 Å². The molecule has 0 saturated heterocycles. The van der Waals surface area contributed by atoms with Crippen molar-refractivity contribution in [3.63, 3.8) is 0 Å². The van der Waals surface area contributed by atoms with Crippen LogP contribution in [0, 0.1) is 11.3 Å². The van der Waals surface area contributed by atoms with Crippen molar-refractivity contribution < 1.29 is 4.74 Å². The van der Waals surface area contributed by atoms with Crippen LogP contribution < -0.4 is 10.5 Å². The van der Waals surface area contributed by atoms with Gasteiger partial charge in [0, 0.05) is 23.3 Å². The summed E-state index contributed by atoms with van der Waals surface area (Å²) in [6, 6.07) is 18.0. The second kappa shape index (κ2) is 5.15. The van der Waals surface area contributed by atoms with Gasteiger partial charge in [-0.1, -0.05) is 36.4 Å². The van der Waals surface area contributed by atoms with Crippen molar-refractivity contribution in [3.8, 4) is 11.8 Å². The molecule has 1 aromatic heterocycles. The minimum absolute atomic E-state index is 0.165. The highest BCUT2D eigenvalue weighted by atomic mass is 16.5. The largest absolute Gasteiger partial charge is 0.440 e. The van der Waals surface area contributed by atoms with Gasteiger partial charge in [-0.3, -0.25) is 4.98 Å². The molecular formula is C19H13N3O. The molecule has 1 atom stereocenters. The summed E-state index contributed by atoms with van der Waals surface area (Å²) in [5, 5.41) is 11.6. The minimum atomic E-state index is -0.239.